The molecule has 4 nitrogen and oxygen atoms in total. The number of aromatic carboxylic acids is 1. The van der Waals surface area contributed by atoms with Gasteiger partial charge in [-0.15, -0.1) is 0 Å². The smallest absolute Gasteiger partial charge is 0.338 e. The minimum atomic E-state index is -1.50. The van der Waals surface area contributed by atoms with E-state index in [9.17, 15) is 13.6 Å². The lowest BCUT2D eigenvalue weighted by molar-refractivity contribution is 0.0690. The summed E-state index contributed by atoms with van der Waals surface area (Å²) in [6, 6.07) is 2.24. The summed E-state index contributed by atoms with van der Waals surface area (Å²) in [5.74, 6) is -4.06. The minimum Gasteiger partial charge on any atom is -0.478 e. The van der Waals surface area contributed by atoms with Gasteiger partial charge in [-0.25, -0.2) is 13.6 Å². The molecule has 0 fully saturated rings. The first-order valence-corrected chi connectivity index (χ1v) is 6.34. The summed E-state index contributed by atoms with van der Waals surface area (Å²) in [6.45, 7) is 4.35. The van der Waals surface area contributed by atoms with E-state index < -0.39 is 23.2 Å². The van der Waals surface area contributed by atoms with Gasteiger partial charge in [0.15, 0.2) is 11.6 Å². The summed E-state index contributed by atoms with van der Waals surface area (Å²) in [7, 11) is 0. The standard InChI is InChI=1S/C14H19F2NO3/c1-14(2,6-3-7-18)8-17-10-5-4-9(13(19)20)11(15)12(10)16/h4-5,17-18H,3,6-8H2,1-2H3,(H,19,20). The predicted molar refractivity (Wildman–Crippen MR) is 71.9 cm³/mol. The number of aliphatic hydroxyl groups excluding tert-OH is 1. The van der Waals surface area contributed by atoms with Crippen molar-refractivity contribution in [3.8, 4) is 0 Å². The molecule has 0 unspecified atom stereocenters. The summed E-state index contributed by atoms with van der Waals surface area (Å²) < 4.78 is 27.2. The van der Waals surface area contributed by atoms with Gasteiger partial charge < -0.3 is 15.5 Å². The van der Waals surface area contributed by atoms with Crippen LogP contribution < -0.4 is 5.32 Å². The maximum atomic E-state index is 13.7. The third-order valence-corrected chi connectivity index (χ3v) is 3.08. The van der Waals surface area contributed by atoms with Crippen molar-refractivity contribution in [2.24, 2.45) is 5.41 Å². The Morgan fingerprint density at radius 1 is 1.30 bits per heavy atom. The molecule has 6 heteroatoms. The molecular formula is C14H19F2NO3. The van der Waals surface area contributed by atoms with Gasteiger partial charge in [-0.1, -0.05) is 13.8 Å². The van der Waals surface area contributed by atoms with E-state index in [1.807, 2.05) is 13.8 Å². The highest BCUT2D eigenvalue weighted by molar-refractivity contribution is 5.88. The van der Waals surface area contributed by atoms with Gasteiger partial charge in [0.25, 0.3) is 0 Å². The Bertz CT molecular complexity index is 490. The Kier molecular flexibility index (Phi) is 5.44. The van der Waals surface area contributed by atoms with Crippen LogP contribution in [0.5, 0.6) is 0 Å². The number of aliphatic hydroxyl groups is 1. The second-order valence-corrected chi connectivity index (χ2v) is 5.44. The fourth-order valence-corrected chi connectivity index (χ4v) is 1.83. The Hall–Kier alpha value is -1.69. The van der Waals surface area contributed by atoms with Crippen LogP contribution in [-0.4, -0.2) is 29.3 Å². The van der Waals surface area contributed by atoms with Crippen molar-refractivity contribution in [3.63, 3.8) is 0 Å². The average Bonchev–Trinajstić information content (AvgIpc) is 2.38. The number of halogens is 2. The first-order valence-electron chi connectivity index (χ1n) is 6.34. The van der Waals surface area contributed by atoms with Crippen LogP contribution in [0.25, 0.3) is 0 Å². The summed E-state index contributed by atoms with van der Waals surface area (Å²) in [5, 5.41) is 20.3. The van der Waals surface area contributed by atoms with E-state index in [1.165, 1.54) is 6.07 Å². The molecule has 0 aromatic heterocycles. The predicted octanol–water partition coefficient (Wildman–Crippen LogP) is 2.87. The van der Waals surface area contributed by atoms with Crippen molar-refractivity contribution in [2.75, 3.05) is 18.5 Å². The molecule has 3 N–H and O–H groups in total. The second-order valence-electron chi connectivity index (χ2n) is 5.44. The van der Waals surface area contributed by atoms with Crippen molar-refractivity contribution >= 4 is 11.7 Å². The van der Waals surface area contributed by atoms with Crippen LogP contribution in [0.15, 0.2) is 12.1 Å². The molecule has 1 rings (SSSR count). The van der Waals surface area contributed by atoms with Gasteiger partial charge in [-0.05, 0) is 30.4 Å². The lowest BCUT2D eigenvalue weighted by Gasteiger charge is -2.25. The van der Waals surface area contributed by atoms with Crippen LogP contribution in [-0.2, 0) is 0 Å². The lowest BCUT2D eigenvalue weighted by atomic mass is 9.88. The van der Waals surface area contributed by atoms with Crippen LogP contribution in [0.1, 0.15) is 37.0 Å². The van der Waals surface area contributed by atoms with Crippen molar-refractivity contribution in [1.29, 1.82) is 0 Å². The Balaban J connectivity index is 2.79. The fourth-order valence-electron chi connectivity index (χ4n) is 1.83. The number of hydrogen-bond acceptors (Lipinski definition) is 3. The number of hydrogen-bond donors (Lipinski definition) is 3. The highest BCUT2D eigenvalue weighted by Crippen LogP contribution is 2.25. The summed E-state index contributed by atoms with van der Waals surface area (Å²) >= 11 is 0. The first-order chi connectivity index (χ1) is 9.28. The Morgan fingerprint density at radius 3 is 2.50 bits per heavy atom. The quantitative estimate of drug-likeness (QED) is 0.721. The molecule has 1 aromatic rings. The molecule has 0 spiro atoms. The van der Waals surface area contributed by atoms with Gasteiger partial charge in [0.2, 0.25) is 0 Å². The van der Waals surface area contributed by atoms with Crippen LogP contribution >= 0.6 is 0 Å². The highest BCUT2D eigenvalue weighted by Gasteiger charge is 2.21. The lowest BCUT2D eigenvalue weighted by Crippen LogP contribution is -2.24. The number of nitrogens with one attached hydrogen (secondary N) is 1. The first kappa shape index (κ1) is 16.4. The topological polar surface area (TPSA) is 69.6 Å². The molecular weight excluding hydrogens is 268 g/mol. The van der Waals surface area contributed by atoms with Crippen LogP contribution in [0.3, 0.4) is 0 Å². The number of anilines is 1. The Morgan fingerprint density at radius 2 is 1.95 bits per heavy atom. The SMILES string of the molecule is CC(C)(CCCO)CNc1ccc(C(=O)O)c(F)c1F. The van der Waals surface area contributed by atoms with Gasteiger partial charge >= 0.3 is 5.97 Å². The van der Waals surface area contributed by atoms with Crippen molar-refractivity contribution in [2.45, 2.75) is 26.7 Å². The third kappa shape index (κ3) is 4.16. The van der Waals surface area contributed by atoms with Gasteiger partial charge in [0.05, 0.1) is 11.3 Å². The van der Waals surface area contributed by atoms with E-state index in [2.05, 4.69) is 5.32 Å². The molecule has 20 heavy (non-hydrogen) atoms. The molecule has 0 saturated carbocycles. The van der Waals surface area contributed by atoms with Crippen molar-refractivity contribution < 1.29 is 23.8 Å². The molecule has 112 valence electrons. The van der Waals surface area contributed by atoms with Crippen LogP contribution in [0.2, 0.25) is 0 Å². The van der Waals surface area contributed by atoms with E-state index >= 15 is 0 Å². The van der Waals surface area contributed by atoms with Crippen LogP contribution in [0, 0.1) is 17.0 Å². The number of benzene rings is 1. The fraction of sp³-hybridized carbons (Fsp3) is 0.500. The molecule has 0 bridgehead atoms. The normalized spacial score (nSPS) is 11.4. The maximum Gasteiger partial charge on any atom is 0.338 e. The molecule has 0 amide bonds. The van der Waals surface area contributed by atoms with Gasteiger partial charge in [0, 0.05) is 13.2 Å². The van der Waals surface area contributed by atoms with E-state index in [1.54, 1.807) is 0 Å². The van der Waals surface area contributed by atoms with Gasteiger partial charge in [-0.2, -0.15) is 0 Å². The van der Waals surface area contributed by atoms with Gasteiger partial charge in [-0.3, -0.25) is 0 Å². The zero-order valence-electron chi connectivity index (χ0n) is 11.5. The molecule has 0 radical (unpaired) electrons. The Labute approximate surface area is 116 Å². The molecule has 0 aliphatic carbocycles. The van der Waals surface area contributed by atoms with Crippen LogP contribution in [0.4, 0.5) is 14.5 Å². The molecule has 0 atom stereocenters. The van der Waals surface area contributed by atoms with E-state index in [4.69, 9.17) is 10.2 Å². The zero-order chi connectivity index (χ0) is 15.3. The monoisotopic (exact) mass is 287 g/mol. The summed E-state index contributed by atoms with van der Waals surface area (Å²) in [6.07, 6.45) is 1.36. The largest absolute Gasteiger partial charge is 0.478 e. The van der Waals surface area contributed by atoms with Gasteiger partial charge in [0.1, 0.15) is 0 Å². The summed E-state index contributed by atoms with van der Waals surface area (Å²) in [4.78, 5) is 10.7. The highest BCUT2D eigenvalue weighted by atomic mass is 19.2. The number of carbonyl (C=O) groups is 1. The molecule has 0 heterocycles. The summed E-state index contributed by atoms with van der Waals surface area (Å²) in [5.41, 5.74) is -0.950. The van der Waals surface area contributed by atoms with Crippen molar-refractivity contribution in [3.05, 3.63) is 29.3 Å². The molecule has 0 saturated heterocycles. The molecule has 0 aliphatic rings. The molecule has 1 aromatic carbocycles. The minimum absolute atomic E-state index is 0.0652. The van der Waals surface area contributed by atoms with Crippen molar-refractivity contribution in [1.82, 2.24) is 0 Å². The average molecular weight is 287 g/mol. The number of carboxylic acid groups (broad SMARTS) is 1. The zero-order valence-corrected chi connectivity index (χ0v) is 11.5. The molecule has 0 aliphatic heterocycles. The van der Waals surface area contributed by atoms with E-state index in [-0.39, 0.29) is 17.7 Å². The second kappa shape index (κ2) is 6.65. The number of carboxylic acids is 1. The number of rotatable bonds is 7. The van der Waals surface area contributed by atoms with E-state index in [0.717, 1.165) is 12.5 Å². The van der Waals surface area contributed by atoms with E-state index in [0.29, 0.717) is 13.0 Å². The third-order valence-electron chi connectivity index (χ3n) is 3.08. The maximum absolute atomic E-state index is 13.7.